The predicted octanol–water partition coefficient (Wildman–Crippen LogP) is 9.42. The van der Waals surface area contributed by atoms with E-state index in [0.29, 0.717) is 72.0 Å². The molecule has 0 bridgehead atoms. The molecule has 18 heteroatoms. The fourth-order valence-electron chi connectivity index (χ4n) is 18.5. The Morgan fingerprint density at radius 3 is 1.45 bits per heavy atom. The number of aliphatic hydroxyl groups is 4. The van der Waals surface area contributed by atoms with Crippen LogP contribution in [-0.2, 0) is 65.8 Å². The summed E-state index contributed by atoms with van der Waals surface area (Å²) in [5.74, 6) is 4.62. The number of fused-ring (bicyclic) bond motifs is 10. The van der Waals surface area contributed by atoms with Crippen LogP contribution in [0.15, 0.2) is 0 Å². The van der Waals surface area contributed by atoms with Gasteiger partial charge in [0, 0.05) is 39.9 Å². The van der Waals surface area contributed by atoms with Crippen LogP contribution >= 0.6 is 13.5 Å². The van der Waals surface area contributed by atoms with E-state index in [9.17, 15) is 44.3 Å². The summed E-state index contributed by atoms with van der Waals surface area (Å²) in [6.07, 6.45) is 16.5. The average Bonchev–Trinajstić information content (AvgIpc) is 3.87. The van der Waals surface area contributed by atoms with Gasteiger partial charge >= 0.3 is 5.97 Å². The number of esters is 1. The maximum atomic E-state index is 12.8. The van der Waals surface area contributed by atoms with Gasteiger partial charge in [-0.25, -0.2) is 0 Å². The van der Waals surface area contributed by atoms with Crippen LogP contribution in [0, 0.1) is 92.7 Å². The molecule has 0 aromatic carbocycles. The Morgan fingerprint density at radius 1 is 0.603 bits per heavy atom. The molecule has 73 heavy (non-hydrogen) atoms. The summed E-state index contributed by atoms with van der Waals surface area (Å²) in [5, 5.41) is 43.3. The van der Waals surface area contributed by atoms with E-state index >= 15 is 0 Å². The van der Waals surface area contributed by atoms with E-state index in [2.05, 4.69) is 62.8 Å². The number of aliphatic hydroxyl groups excluding tert-OH is 4. The van der Waals surface area contributed by atoms with Crippen molar-refractivity contribution in [2.45, 2.75) is 201 Å². The lowest BCUT2D eigenvalue weighted by atomic mass is 9.43. The predicted molar refractivity (Wildman–Crippen MR) is 283 cm³/mol. The highest BCUT2D eigenvalue weighted by molar-refractivity contribution is 8.32. The van der Waals surface area contributed by atoms with Gasteiger partial charge in [0.2, 0.25) is 0 Å². The maximum Gasteiger partial charge on any atom is 0.308 e. The summed E-state index contributed by atoms with van der Waals surface area (Å²) in [6.45, 7) is 7.00. The van der Waals surface area contributed by atoms with Crippen molar-refractivity contribution in [3.05, 3.63) is 0 Å². The molecule has 0 radical (unpaired) electrons. The number of carbonyl (C=O) groups excluding carboxylic acids is 3. The van der Waals surface area contributed by atoms with Gasteiger partial charge in [-0.3, -0.25) is 18.9 Å². The van der Waals surface area contributed by atoms with Crippen molar-refractivity contribution in [1.82, 2.24) is 0 Å². The molecule has 22 atom stereocenters. The maximum absolute atomic E-state index is 12.8. The second-order valence-electron chi connectivity index (χ2n) is 25.7. The molecule has 0 spiro atoms. The van der Waals surface area contributed by atoms with E-state index in [0.717, 1.165) is 103 Å². The molecule has 8 aliphatic rings. The minimum atomic E-state index is -3.54. The Morgan fingerprint density at radius 2 is 1.01 bits per heavy atom. The Hall–Kier alpha value is -0.320. The zero-order valence-corrected chi connectivity index (χ0v) is 48.7. The minimum absolute atomic E-state index is 0.0230. The lowest BCUT2D eigenvalue weighted by molar-refractivity contribution is -0.204. The van der Waals surface area contributed by atoms with Gasteiger partial charge in [-0.15, -0.1) is 0 Å². The Bertz CT molecular complexity index is 2030. The number of ether oxygens (including phenoxy) is 1. The van der Waals surface area contributed by atoms with E-state index in [4.69, 9.17) is 25.6 Å². The first kappa shape index (κ1) is 60.3. The number of Topliss-reactive ketones (excluding diaryl/α,β-unsaturated/α-hetero) is 2. The van der Waals surface area contributed by atoms with E-state index in [1.165, 1.54) is 14.2 Å². The van der Waals surface area contributed by atoms with Crippen LogP contribution in [0.25, 0.3) is 0 Å². The molecule has 0 aliphatic heterocycles. The van der Waals surface area contributed by atoms with Gasteiger partial charge in [-0.1, -0.05) is 53.3 Å². The largest absolute Gasteiger partial charge is 0.780 e. The number of carbonyl (C=O) groups is 3. The average molecular weight is 1100 g/mol. The molecule has 8 fully saturated rings. The second kappa shape index (κ2) is 24.2. The third kappa shape index (κ3) is 13.0. The van der Waals surface area contributed by atoms with Crippen LogP contribution in [0.2, 0.25) is 0 Å². The van der Waals surface area contributed by atoms with Crippen LogP contribution in [0.4, 0.5) is 0 Å². The van der Waals surface area contributed by atoms with E-state index < -0.39 is 19.5 Å². The first-order valence-corrected chi connectivity index (χ1v) is 33.3. The summed E-state index contributed by atoms with van der Waals surface area (Å²) in [6, 6.07) is 0. The van der Waals surface area contributed by atoms with Crippen molar-refractivity contribution in [3.63, 3.8) is 0 Å². The fraction of sp³-hybridized carbons (Fsp3) is 0.945. The van der Waals surface area contributed by atoms with Gasteiger partial charge in [-0.2, -0.15) is 0 Å². The van der Waals surface area contributed by atoms with E-state index in [1.54, 1.807) is 0 Å². The Balaban J connectivity index is 0.000000216. The van der Waals surface area contributed by atoms with Crippen LogP contribution in [-0.4, -0.2) is 96.4 Å². The molecule has 0 heterocycles. The van der Waals surface area contributed by atoms with Gasteiger partial charge in [0.05, 0.1) is 50.7 Å². The number of hydrogen-bond acceptors (Lipinski definition) is 16. The SMILES string of the molecule is COP(=O)([S-])OCCC(=O)OCCC(=O)C[C@@H](C)C1CCC2C3C(CC[C@@]21C)[C@@]1(C)CC[C@@H](O)CC1C[C@@H]3O.COP([O-])(=S)OCCC(=O)C[C@@H](C)C1CCC2C3C(CC[C@@]21C)[C@@]1(C)CC[C@@H](O)CC1C[C@@H]3O. The van der Waals surface area contributed by atoms with Crippen molar-refractivity contribution in [2.75, 3.05) is 34.0 Å². The quantitative estimate of drug-likeness (QED) is 0.0538. The lowest BCUT2D eigenvalue weighted by Gasteiger charge is -2.62. The molecule has 8 rings (SSSR count). The molecular formula is C55H92O14P2S2-2. The lowest BCUT2D eigenvalue weighted by Crippen LogP contribution is -2.58. The monoisotopic (exact) mass is 1100 g/mol. The van der Waals surface area contributed by atoms with Crippen molar-refractivity contribution in [3.8, 4) is 0 Å². The molecule has 14 nitrogen and oxygen atoms in total. The zero-order chi connectivity index (χ0) is 53.5. The van der Waals surface area contributed by atoms with Crippen molar-refractivity contribution in [2.24, 2.45) is 92.7 Å². The molecule has 8 saturated carbocycles. The number of rotatable bonds is 19. The highest BCUT2D eigenvalue weighted by atomic mass is 32.7. The summed E-state index contributed by atoms with van der Waals surface area (Å²) < 4.78 is 35.8. The van der Waals surface area contributed by atoms with Crippen molar-refractivity contribution >= 4 is 55.1 Å². The molecule has 0 saturated heterocycles. The van der Waals surface area contributed by atoms with Crippen molar-refractivity contribution < 1.29 is 67.1 Å². The molecule has 420 valence electrons. The standard InChI is InChI=1S/C29H49O8PS.C26H45O6PS/c1-18(15-21(31)9-13-36-26(33)10-14-37-38(34,39)35-4)22-5-6-23-27-24(8-12-29(22,23)3)28(2)11-7-20(30)16-19(28)17-25(27)32;1-16(13-19(28)9-12-32-33(30,34)31-4)20-5-6-21-24-22(8-11-26(20,21)3)25(2)10-7-18(27)14-17(25)15-23(24)29/h18-20,22-25,27,30,32H,5-17H2,1-4H3,(H,34,39);16-18,20-24,27,29H,5-15H2,1-4H3,(H,30,34)/p-2/t18-,19?,20-,22?,23?,24?,25+,27?,28+,29-,38?;16-,17?,18-,20?,21?,22?,23+,24?,25+,26-,33?/m11/s1. The molecule has 12 unspecified atom stereocenters. The van der Waals surface area contributed by atoms with Gasteiger partial charge in [0.15, 0.2) is 6.80 Å². The third-order valence-corrected chi connectivity index (χ3v) is 25.6. The number of ketones is 2. The highest BCUT2D eigenvalue weighted by Crippen LogP contribution is 2.70. The molecular weight excluding hydrogens is 1010 g/mol. The van der Waals surface area contributed by atoms with E-state index in [1.807, 2.05) is 0 Å². The van der Waals surface area contributed by atoms with Crippen molar-refractivity contribution in [1.29, 1.82) is 0 Å². The van der Waals surface area contributed by atoms with Crippen LogP contribution < -0.4 is 4.89 Å². The van der Waals surface area contributed by atoms with Gasteiger partial charge in [0.1, 0.15) is 18.3 Å². The van der Waals surface area contributed by atoms with Gasteiger partial charge in [-0.05, 0) is 195 Å². The van der Waals surface area contributed by atoms with Crippen LogP contribution in [0.5, 0.6) is 0 Å². The topological polar surface area (TPSA) is 218 Å². The summed E-state index contributed by atoms with van der Waals surface area (Å²) in [5.41, 5.74) is 0.721. The van der Waals surface area contributed by atoms with E-state index in [-0.39, 0.29) is 109 Å². The highest BCUT2D eigenvalue weighted by Gasteiger charge is 2.65. The minimum Gasteiger partial charge on any atom is -0.780 e. The smallest absolute Gasteiger partial charge is 0.308 e. The number of hydrogen-bond donors (Lipinski definition) is 4. The fourth-order valence-corrected chi connectivity index (χ4v) is 19.8. The summed E-state index contributed by atoms with van der Waals surface area (Å²) in [7, 11) is 2.44. The summed E-state index contributed by atoms with van der Waals surface area (Å²) >= 11 is 9.33. The van der Waals surface area contributed by atoms with Crippen LogP contribution in [0.1, 0.15) is 176 Å². The molecule has 0 aromatic heterocycles. The van der Waals surface area contributed by atoms with Crippen LogP contribution in [0.3, 0.4) is 0 Å². The first-order chi connectivity index (χ1) is 34.2. The van der Waals surface area contributed by atoms with Gasteiger partial charge in [0.25, 0.3) is 0 Å². The Kier molecular flexibility index (Phi) is 20.0. The first-order valence-electron chi connectivity index (χ1n) is 28.2. The Labute approximate surface area is 447 Å². The molecule has 0 amide bonds. The van der Waals surface area contributed by atoms with Gasteiger partial charge < -0.3 is 60.4 Å². The normalized spacial score (nSPS) is 44.1. The molecule has 4 N–H and O–H groups in total. The second-order valence-corrected chi connectivity index (χ2v) is 31.5. The third-order valence-electron chi connectivity index (χ3n) is 22.2. The molecule has 0 aromatic rings. The molecule has 8 aliphatic carbocycles. The summed E-state index contributed by atoms with van der Waals surface area (Å²) in [4.78, 5) is 49.0. The zero-order valence-electron chi connectivity index (χ0n) is 45.3.